The molecule has 1 aromatic rings. The fourth-order valence-corrected chi connectivity index (χ4v) is 2.36. The Morgan fingerprint density at radius 2 is 2.47 bits per heavy atom. The summed E-state index contributed by atoms with van der Waals surface area (Å²) < 4.78 is 5.28. The van der Waals surface area contributed by atoms with E-state index < -0.39 is 0 Å². The number of halogens is 1. The van der Waals surface area contributed by atoms with Crippen molar-refractivity contribution < 1.29 is 9.53 Å². The fourth-order valence-electron chi connectivity index (χ4n) is 2.15. The second kappa shape index (κ2) is 6.89. The van der Waals surface area contributed by atoms with Gasteiger partial charge in [-0.15, -0.1) is 0 Å². The standard InChI is InChI=1S/C14H19ClN2O2/c1-10(7-11-3-2-4-12(15)8-11)17-14(18)13-9-19-6-5-16-13/h2-4,8,10,13,16H,5-7,9H2,1H3,(H,17,18). The molecule has 2 unspecified atom stereocenters. The molecule has 1 aliphatic rings. The van der Waals surface area contributed by atoms with Gasteiger partial charge >= 0.3 is 0 Å². The summed E-state index contributed by atoms with van der Waals surface area (Å²) in [6.45, 7) is 3.82. The highest BCUT2D eigenvalue weighted by Crippen LogP contribution is 2.12. The minimum Gasteiger partial charge on any atom is -0.378 e. The molecule has 5 heteroatoms. The zero-order valence-electron chi connectivity index (χ0n) is 11.0. The Kier molecular flexibility index (Phi) is 5.19. The molecule has 1 aliphatic heterocycles. The second-order valence-corrected chi connectivity index (χ2v) is 5.26. The van der Waals surface area contributed by atoms with E-state index in [0.29, 0.717) is 13.2 Å². The van der Waals surface area contributed by atoms with E-state index in [2.05, 4.69) is 10.6 Å². The number of carbonyl (C=O) groups is 1. The van der Waals surface area contributed by atoms with Crippen molar-refractivity contribution in [2.75, 3.05) is 19.8 Å². The molecule has 2 rings (SSSR count). The summed E-state index contributed by atoms with van der Waals surface area (Å²) in [5, 5.41) is 6.85. The lowest BCUT2D eigenvalue weighted by molar-refractivity contribution is -0.126. The molecule has 0 aliphatic carbocycles. The van der Waals surface area contributed by atoms with Crippen LogP contribution in [0.5, 0.6) is 0 Å². The molecule has 1 amide bonds. The van der Waals surface area contributed by atoms with Crippen LogP contribution < -0.4 is 10.6 Å². The van der Waals surface area contributed by atoms with Crippen molar-refractivity contribution in [2.45, 2.75) is 25.4 Å². The average molecular weight is 283 g/mol. The Labute approximate surface area is 118 Å². The van der Waals surface area contributed by atoms with Crippen LogP contribution in [-0.4, -0.2) is 37.7 Å². The molecule has 0 spiro atoms. The average Bonchev–Trinajstić information content (AvgIpc) is 2.39. The van der Waals surface area contributed by atoms with E-state index in [1.807, 2.05) is 31.2 Å². The molecule has 0 bridgehead atoms. The molecule has 1 saturated heterocycles. The van der Waals surface area contributed by atoms with Crippen LogP contribution >= 0.6 is 11.6 Å². The molecule has 4 nitrogen and oxygen atoms in total. The van der Waals surface area contributed by atoms with Gasteiger partial charge in [-0.1, -0.05) is 23.7 Å². The Hall–Kier alpha value is -1.10. The first-order valence-electron chi connectivity index (χ1n) is 6.51. The van der Waals surface area contributed by atoms with Gasteiger partial charge in [-0.2, -0.15) is 0 Å². The van der Waals surface area contributed by atoms with E-state index in [-0.39, 0.29) is 18.0 Å². The zero-order valence-corrected chi connectivity index (χ0v) is 11.7. The van der Waals surface area contributed by atoms with Crippen molar-refractivity contribution in [3.8, 4) is 0 Å². The second-order valence-electron chi connectivity index (χ2n) is 4.83. The fraction of sp³-hybridized carbons (Fsp3) is 0.500. The maximum atomic E-state index is 12.0. The zero-order chi connectivity index (χ0) is 13.7. The van der Waals surface area contributed by atoms with Crippen LogP contribution in [0.25, 0.3) is 0 Å². The van der Waals surface area contributed by atoms with Crippen molar-refractivity contribution in [3.63, 3.8) is 0 Å². The molecular formula is C14H19ClN2O2. The highest BCUT2D eigenvalue weighted by molar-refractivity contribution is 6.30. The molecule has 1 heterocycles. The van der Waals surface area contributed by atoms with Crippen molar-refractivity contribution >= 4 is 17.5 Å². The number of rotatable bonds is 4. The Balaban J connectivity index is 1.83. The number of nitrogens with one attached hydrogen (secondary N) is 2. The lowest BCUT2D eigenvalue weighted by Crippen LogP contribution is -2.53. The number of morpholine rings is 1. The van der Waals surface area contributed by atoms with Crippen molar-refractivity contribution in [3.05, 3.63) is 34.9 Å². The molecule has 0 saturated carbocycles. The first kappa shape index (κ1) is 14.3. The third-order valence-corrected chi connectivity index (χ3v) is 3.29. The predicted molar refractivity (Wildman–Crippen MR) is 75.4 cm³/mol. The van der Waals surface area contributed by atoms with Crippen LogP contribution in [0, 0.1) is 0 Å². The summed E-state index contributed by atoms with van der Waals surface area (Å²) in [7, 11) is 0. The van der Waals surface area contributed by atoms with Crippen LogP contribution in [0.2, 0.25) is 5.02 Å². The number of hydrogen-bond donors (Lipinski definition) is 2. The van der Waals surface area contributed by atoms with Gasteiger partial charge in [0.2, 0.25) is 5.91 Å². The van der Waals surface area contributed by atoms with E-state index in [9.17, 15) is 4.79 Å². The van der Waals surface area contributed by atoms with Crippen LogP contribution in [0.3, 0.4) is 0 Å². The van der Waals surface area contributed by atoms with Gasteiger partial charge in [0.25, 0.3) is 0 Å². The number of benzene rings is 1. The third kappa shape index (κ3) is 4.49. The molecule has 0 radical (unpaired) electrons. The van der Waals surface area contributed by atoms with E-state index in [1.165, 1.54) is 0 Å². The number of ether oxygens (including phenoxy) is 1. The largest absolute Gasteiger partial charge is 0.378 e. The molecule has 19 heavy (non-hydrogen) atoms. The summed E-state index contributed by atoms with van der Waals surface area (Å²) in [6.07, 6.45) is 0.764. The highest BCUT2D eigenvalue weighted by atomic mass is 35.5. The van der Waals surface area contributed by atoms with Crippen LogP contribution in [-0.2, 0) is 16.0 Å². The van der Waals surface area contributed by atoms with E-state index in [1.54, 1.807) is 0 Å². The van der Waals surface area contributed by atoms with Crippen molar-refractivity contribution in [2.24, 2.45) is 0 Å². The van der Waals surface area contributed by atoms with Crippen molar-refractivity contribution in [1.29, 1.82) is 0 Å². The van der Waals surface area contributed by atoms with E-state index in [4.69, 9.17) is 16.3 Å². The number of carbonyl (C=O) groups excluding carboxylic acids is 1. The van der Waals surface area contributed by atoms with Gasteiger partial charge < -0.3 is 15.4 Å². The van der Waals surface area contributed by atoms with Gasteiger partial charge in [-0.3, -0.25) is 4.79 Å². The molecule has 1 aromatic carbocycles. The van der Waals surface area contributed by atoms with Gasteiger partial charge in [0.15, 0.2) is 0 Å². The maximum Gasteiger partial charge on any atom is 0.239 e. The summed E-state index contributed by atoms with van der Waals surface area (Å²) in [5.41, 5.74) is 1.12. The van der Waals surface area contributed by atoms with Crippen molar-refractivity contribution in [1.82, 2.24) is 10.6 Å². The molecular weight excluding hydrogens is 264 g/mol. The lowest BCUT2D eigenvalue weighted by atomic mass is 10.1. The van der Waals surface area contributed by atoms with Gasteiger partial charge in [0.1, 0.15) is 6.04 Å². The van der Waals surface area contributed by atoms with Gasteiger partial charge in [-0.05, 0) is 31.0 Å². The first-order valence-corrected chi connectivity index (χ1v) is 6.89. The SMILES string of the molecule is CC(Cc1cccc(Cl)c1)NC(=O)C1COCCN1. The van der Waals surface area contributed by atoms with Crippen LogP contribution in [0.4, 0.5) is 0 Å². The smallest absolute Gasteiger partial charge is 0.239 e. The number of amides is 1. The molecule has 2 N–H and O–H groups in total. The Morgan fingerprint density at radius 1 is 1.63 bits per heavy atom. The van der Waals surface area contributed by atoms with Crippen LogP contribution in [0.15, 0.2) is 24.3 Å². The van der Waals surface area contributed by atoms with Gasteiger partial charge in [-0.25, -0.2) is 0 Å². The summed E-state index contributed by atoms with van der Waals surface area (Å²) >= 11 is 5.94. The predicted octanol–water partition coefficient (Wildman–Crippen LogP) is 1.38. The summed E-state index contributed by atoms with van der Waals surface area (Å²) in [5.74, 6) is -0.00534. The minimum absolute atomic E-state index is 0.00534. The minimum atomic E-state index is -0.240. The third-order valence-electron chi connectivity index (χ3n) is 3.06. The van der Waals surface area contributed by atoms with Crippen LogP contribution in [0.1, 0.15) is 12.5 Å². The molecule has 2 atom stereocenters. The van der Waals surface area contributed by atoms with E-state index in [0.717, 1.165) is 23.6 Å². The van der Waals surface area contributed by atoms with Gasteiger partial charge in [0.05, 0.1) is 13.2 Å². The first-order chi connectivity index (χ1) is 9.15. The molecule has 1 fully saturated rings. The Bertz CT molecular complexity index is 433. The quantitative estimate of drug-likeness (QED) is 0.877. The lowest BCUT2D eigenvalue weighted by Gasteiger charge is -2.24. The summed E-state index contributed by atoms with van der Waals surface area (Å²) in [6, 6.07) is 7.52. The highest BCUT2D eigenvalue weighted by Gasteiger charge is 2.22. The monoisotopic (exact) mass is 282 g/mol. The maximum absolute atomic E-state index is 12.0. The topological polar surface area (TPSA) is 50.4 Å². The van der Waals surface area contributed by atoms with Gasteiger partial charge in [0, 0.05) is 17.6 Å². The molecule has 0 aromatic heterocycles. The summed E-state index contributed by atoms with van der Waals surface area (Å²) in [4.78, 5) is 12.0. The van der Waals surface area contributed by atoms with E-state index >= 15 is 0 Å². The molecule has 104 valence electrons. The normalized spacial score (nSPS) is 20.8. The number of hydrogen-bond acceptors (Lipinski definition) is 3. The Morgan fingerprint density at radius 3 is 3.16 bits per heavy atom.